The van der Waals surface area contributed by atoms with Crippen molar-refractivity contribution in [2.45, 2.75) is 39.8 Å². The fraction of sp³-hybridized carbons (Fsp3) is 0.353. The van der Waals surface area contributed by atoms with Crippen molar-refractivity contribution in [1.82, 2.24) is 5.16 Å². The van der Waals surface area contributed by atoms with E-state index in [9.17, 15) is 22.8 Å². The van der Waals surface area contributed by atoms with E-state index in [2.05, 4.69) is 15.8 Å². The molecule has 0 unspecified atom stereocenters. The smallest absolute Gasteiger partial charge is 0.361 e. The highest BCUT2D eigenvalue weighted by Gasteiger charge is 2.31. The van der Waals surface area contributed by atoms with E-state index in [1.807, 2.05) is 0 Å². The minimum atomic E-state index is -4.56. The average Bonchev–Trinajstić information content (AvgIpc) is 2.84. The Balaban J connectivity index is 2.17. The van der Waals surface area contributed by atoms with Gasteiger partial charge >= 0.3 is 6.18 Å². The van der Waals surface area contributed by atoms with Crippen molar-refractivity contribution in [3.63, 3.8) is 0 Å². The van der Waals surface area contributed by atoms with E-state index in [4.69, 9.17) is 4.52 Å². The van der Waals surface area contributed by atoms with E-state index in [-0.39, 0.29) is 17.8 Å². The first kappa shape index (κ1) is 19.5. The minimum absolute atomic E-state index is 0.0264. The number of aryl methyl sites for hydroxylation is 2. The zero-order valence-electron chi connectivity index (χ0n) is 14.5. The monoisotopic (exact) mass is 369 g/mol. The summed E-state index contributed by atoms with van der Waals surface area (Å²) in [6, 6.07) is 2.73. The highest BCUT2D eigenvalue weighted by molar-refractivity contribution is 5.99. The molecular weight excluding hydrogens is 351 g/mol. The van der Waals surface area contributed by atoms with E-state index in [1.165, 1.54) is 6.92 Å². The Morgan fingerprint density at radius 3 is 2.38 bits per heavy atom. The van der Waals surface area contributed by atoms with Crippen molar-refractivity contribution in [2.75, 3.05) is 10.6 Å². The molecule has 140 valence electrons. The minimum Gasteiger partial charge on any atom is -0.361 e. The van der Waals surface area contributed by atoms with Crippen LogP contribution in [0.3, 0.4) is 0 Å². The fourth-order valence-corrected chi connectivity index (χ4v) is 2.43. The first-order chi connectivity index (χ1) is 12.1. The van der Waals surface area contributed by atoms with Gasteiger partial charge in [-0.3, -0.25) is 9.59 Å². The van der Waals surface area contributed by atoms with Crippen LogP contribution >= 0.6 is 0 Å². The molecule has 0 fully saturated rings. The van der Waals surface area contributed by atoms with Crippen molar-refractivity contribution in [2.24, 2.45) is 0 Å². The van der Waals surface area contributed by atoms with Gasteiger partial charge in [-0.1, -0.05) is 5.16 Å². The summed E-state index contributed by atoms with van der Waals surface area (Å²) in [6.45, 7) is 4.68. The Morgan fingerprint density at radius 2 is 1.85 bits per heavy atom. The molecule has 2 rings (SSSR count). The summed E-state index contributed by atoms with van der Waals surface area (Å²) >= 11 is 0. The molecule has 0 saturated carbocycles. The number of amides is 2. The summed E-state index contributed by atoms with van der Waals surface area (Å²) in [4.78, 5) is 23.4. The average molecular weight is 369 g/mol. The van der Waals surface area contributed by atoms with Crippen LogP contribution in [0.4, 0.5) is 24.5 Å². The third-order valence-corrected chi connectivity index (χ3v) is 3.71. The summed E-state index contributed by atoms with van der Waals surface area (Å²) in [7, 11) is 0. The normalized spacial score (nSPS) is 11.3. The lowest BCUT2D eigenvalue weighted by Gasteiger charge is -2.15. The Bertz CT molecular complexity index is 809. The van der Waals surface area contributed by atoms with E-state index < -0.39 is 23.6 Å². The summed E-state index contributed by atoms with van der Waals surface area (Å²) in [6.07, 6.45) is -4.20. The highest BCUT2D eigenvalue weighted by Crippen LogP contribution is 2.34. The van der Waals surface area contributed by atoms with Gasteiger partial charge in [0.25, 0.3) is 0 Å². The predicted molar refractivity (Wildman–Crippen MR) is 88.7 cm³/mol. The fourth-order valence-electron chi connectivity index (χ4n) is 2.43. The van der Waals surface area contributed by atoms with Crippen molar-refractivity contribution >= 4 is 23.2 Å². The van der Waals surface area contributed by atoms with Crippen molar-refractivity contribution in [3.8, 4) is 0 Å². The number of halogens is 3. The molecule has 0 spiro atoms. The molecule has 26 heavy (non-hydrogen) atoms. The maximum absolute atomic E-state index is 12.9. The highest BCUT2D eigenvalue weighted by atomic mass is 19.4. The Morgan fingerprint density at radius 1 is 1.15 bits per heavy atom. The molecule has 1 heterocycles. The lowest BCUT2D eigenvalue weighted by atomic mass is 10.1. The predicted octanol–water partition coefficient (Wildman–Crippen LogP) is 3.84. The molecule has 6 nitrogen and oxygen atoms in total. The largest absolute Gasteiger partial charge is 0.416 e. The molecule has 0 bridgehead atoms. The van der Waals surface area contributed by atoms with Gasteiger partial charge in [0.1, 0.15) is 5.76 Å². The molecule has 1 aromatic heterocycles. The number of anilines is 2. The number of rotatable bonds is 5. The molecular formula is C17H18F3N3O3. The zero-order valence-corrected chi connectivity index (χ0v) is 14.5. The van der Waals surface area contributed by atoms with Gasteiger partial charge < -0.3 is 15.2 Å². The van der Waals surface area contributed by atoms with E-state index in [0.29, 0.717) is 17.9 Å². The second-order valence-electron chi connectivity index (χ2n) is 5.79. The van der Waals surface area contributed by atoms with Crippen LogP contribution in [0, 0.1) is 13.8 Å². The molecule has 1 aromatic carbocycles. The molecule has 0 saturated heterocycles. The number of nitrogens with one attached hydrogen (secondary N) is 2. The van der Waals surface area contributed by atoms with Gasteiger partial charge in [0.05, 0.1) is 22.6 Å². The number of aromatic nitrogens is 1. The van der Waals surface area contributed by atoms with Crippen LogP contribution in [0.1, 0.15) is 35.9 Å². The first-order valence-corrected chi connectivity index (χ1v) is 7.78. The van der Waals surface area contributed by atoms with Gasteiger partial charge in [-0.2, -0.15) is 13.2 Å². The molecule has 0 aliphatic rings. The summed E-state index contributed by atoms with van der Waals surface area (Å²) in [5.74, 6) is -0.361. The van der Waals surface area contributed by atoms with Crippen molar-refractivity contribution < 1.29 is 27.3 Å². The number of nitrogens with zero attached hydrogens (tertiary/aromatic N) is 1. The number of benzene rings is 1. The number of carbonyl (C=O) groups is 2. The second-order valence-corrected chi connectivity index (χ2v) is 5.79. The van der Waals surface area contributed by atoms with Gasteiger partial charge in [-0.15, -0.1) is 0 Å². The summed E-state index contributed by atoms with van der Waals surface area (Å²) in [5, 5.41) is 8.61. The molecule has 2 amide bonds. The van der Waals surface area contributed by atoms with Crippen LogP contribution in [0.25, 0.3) is 0 Å². The number of hydrogen-bond donors (Lipinski definition) is 2. The van der Waals surface area contributed by atoms with Gasteiger partial charge in [0.2, 0.25) is 11.8 Å². The SMILES string of the molecule is CC(=O)Nc1ccc(C(F)(F)F)cc1NC(=O)CCc1c(C)noc1C. The Hall–Kier alpha value is -2.84. The van der Waals surface area contributed by atoms with Crippen molar-refractivity contribution in [3.05, 3.63) is 40.8 Å². The van der Waals surface area contributed by atoms with Gasteiger partial charge in [0, 0.05) is 18.9 Å². The molecule has 0 radical (unpaired) electrons. The van der Waals surface area contributed by atoms with E-state index in [1.54, 1.807) is 13.8 Å². The number of hydrogen-bond acceptors (Lipinski definition) is 4. The lowest BCUT2D eigenvalue weighted by Crippen LogP contribution is -2.17. The van der Waals surface area contributed by atoms with Crippen molar-refractivity contribution in [1.29, 1.82) is 0 Å². The van der Waals surface area contributed by atoms with Crippen LogP contribution in [-0.4, -0.2) is 17.0 Å². The van der Waals surface area contributed by atoms with Crippen LogP contribution in [-0.2, 0) is 22.2 Å². The van der Waals surface area contributed by atoms with E-state index >= 15 is 0 Å². The summed E-state index contributed by atoms with van der Waals surface area (Å²) in [5.41, 5.74) is 0.502. The third kappa shape index (κ3) is 4.84. The van der Waals surface area contributed by atoms with Gasteiger partial charge in [-0.05, 0) is 38.5 Å². The van der Waals surface area contributed by atoms with Crippen LogP contribution in [0.15, 0.2) is 22.7 Å². The van der Waals surface area contributed by atoms with Gasteiger partial charge in [0.15, 0.2) is 0 Å². The lowest BCUT2D eigenvalue weighted by molar-refractivity contribution is -0.137. The molecule has 0 aliphatic heterocycles. The molecule has 9 heteroatoms. The zero-order chi connectivity index (χ0) is 19.5. The quantitative estimate of drug-likeness (QED) is 0.839. The maximum Gasteiger partial charge on any atom is 0.416 e. The maximum atomic E-state index is 12.9. The molecule has 2 aromatic rings. The molecule has 2 N–H and O–H groups in total. The van der Waals surface area contributed by atoms with Gasteiger partial charge in [-0.25, -0.2) is 0 Å². The molecule has 0 aliphatic carbocycles. The number of alkyl halides is 3. The topological polar surface area (TPSA) is 84.2 Å². The Kier molecular flexibility index (Phi) is 5.69. The van der Waals surface area contributed by atoms with Crippen LogP contribution in [0.5, 0.6) is 0 Å². The van der Waals surface area contributed by atoms with Crippen LogP contribution < -0.4 is 10.6 Å². The second kappa shape index (κ2) is 7.59. The molecule has 0 atom stereocenters. The Labute approximate surface area is 147 Å². The summed E-state index contributed by atoms with van der Waals surface area (Å²) < 4.78 is 43.7. The van der Waals surface area contributed by atoms with Crippen LogP contribution in [0.2, 0.25) is 0 Å². The number of carbonyl (C=O) groups excluding carboxylic acids is 2. The third-order valence-electron chi connectivity index (χ3n) is 3.71. The van der Waals surface area contributed by atoms with E-state index in [0.717, 1.165) is 23.8 Å². The standard InChI is InChI=1S/C17H18F3N3O3/c1-9-13(10(2)26-23-9)5-7-16(25)22-15-8-12(17(18,19)20)4-6-14(15)21-11(3)24/h4,6,8H,5,7H2,1-3H3,(H,21,24)(H,22,25). The first-order valence-electron chi connectivity index (χ1n) is 7.78.